The maximum absolute atomic E-state index is 16.0. The van der Waals surface area contributed by atoms with E-state index in [1.165, 1.54) is 24.5 Å². The Morgan fingerprint density at radius 2 is 1.97 bits per heavy atom. The average Bonchev–Trinajstić information content (AvgIpc) is 3.26. The van der Waals surface area contributed by atoms with Gasteiger partial charge in [0, 0.05) is 48.3 Å². The fraction of sp³-hybridized carbons (Fsp3) is 0.167. The molecule has 34 heavy (non-hydrogen) atoms. The number of thiazole rings is 1. The van der Waals surface area contributed by atoms with E-state index < -0.39 is 11.6 Å². The normalized spacial score (nSPS) is 13.9. The van der Waals surface area contributed by atoms with Crippen molar-refractivity contribution in [3.05, 3.63) is 54.4 Å². The first-order valence-corrected chi connectivity index (χ1v) is 11.2. The lowest BCUT2D eigenvalue weighted by atomic mass is 9.96. The zero-order chi connectivity index (χ0) is 24.0. The third kappa shape index (κ3) is 3.41. The smallest absolute Gasteiger partial charge is 0.246 e. The topological polar surface area (TPSA) is 88.2 Å². The molecule has 0 spiro atoms. The Hall–Kier alpha value is -4.10. The van der Waals surface area contributed by atoms with Crippen molar-refractivity contribution in [1.82, 2.24) is 19.9 Å². The number of amides is 1. The molecule has 3 heterocycles. The molecule has 0 aliphatic carbocycles. The Balaban J connectivity index is 1.65. The third-order valence-corrected chi connectivity index (χ3v) is 6.74. The number of anilines is 2. The molecule has 1 fully saturated rings. The molecule has 1 amide bonds. The van der Waals surface area contributed by atoms with Crippen molar-refractivity contribution in [3.8, 4) is 23.5 Å². The van der Waals surface area contributed by atoms with Crippen molar-refractivity contribution in [2.75, 3.05) is 36.8 Å². The fourth-order valence-corrected chi connectivity index (χ4v) is 5.00. The number of piperazine rings is 1. The summed E-state index contributed by atoms with van der Waals surface area (Å²) in [6, 6.07) is 4.35. The Bertz CT molecular complexity index is 1520. The molecule has 1 saturated heterocycles. The van der Waals surface area contributed by atoms with E-state index in [9.17, 15) is 9.18 Å². The summed E-state index contributed by atoms with van der Waals surface area (Å²) in [6.07, 6.45) is 8.36. The standard InChI is InChI=1S/C24H18F2N6OS/c1-3-13-11-15-20(28-12-29-23(15)32-9-7-31(8-10-32)17(33)4-2)19(26)18(13)14-5-6-16(25)22-21(14)30-24(27)34-22/h1,4-6,11-12H,2,7-10H2,(H2,27,30). The number of halogens is 2. The maximum Gasteiger partial charge on any atom is 0.246 e. The molecule has 1 aliphatic heterocycles. The Morgan fingerprint density at radius 1 is 1.21 bits per heavy atom. The van der Waals surface area contributed by atoms with Crippen LogP contribution in [0.4, 0.5) is 19.7 Å². The molecule has 0 radical (unpaired) electrons. The number of nitrogens with zero attached hydrogens (tertiary/aromatic N) is 5. The van der Waals surface area contributed by atoms with E-state index >= 15 is 4.39 Å². The van der Waals surface area contributed by atoms with E-state index in [1.54, 1.807) is 11.0 Å². The van der Waals surface area contributed by atoms with Gasteiger partial charge < -0.3 is 15.5 Å². The first-order valence-electron chi connectivity index (χ1n) is 10.4. The van der Waals surface area contributed by atoms with Gasteiger partial charge in [0.15, 0.2) is 10.9 Å². The second-order valence-electron chi connectivity index (χ2n) is 7.69. The van der Waals surface area contributed by atoms with Gasteiger partial charge >= 0.3 is 0 Å². The minimum Gasteiger partial charge on any atom is -0.375 e. The van der Waals surface area contributed by atoms with Gasteiger partial charge in [0.1, 0.15) is 23.5 Å². The number of aromatic nitrogens is 3. The summed E-state index contributed by atoms with van der Waals surface area (Å²) in [6.45, 7) is 5.51. The summed E-state index contributed by atoms with van der Waals surface area (Å²) in [5.74, 6) is 1.80. The highest BCUT2D eigenvalue weighted by Crippen LogP contribution is 2.40. The predicted molar refractivity (Wildman–Crippen MR) is 129 cm³/mol. The highest BCUT2D eigenvalue weighted by molar-refractivity contribution is 7.22. The molecule has 7 nitrogen and oxygen atoms in total. The number of hydrogen-bond acceptors (Lipinski definition) is 7. The van der Waals surface area contributed by atoms with Crippen LogP contribution in [0.25, 0.3) is 32.2 Å². The summed E-state index contributed by atoms with van der Waals surface area (Å²) in [5, 5.41) is 0.625. The van der Waals surface area contributed by atoms with Crippen LogP contribution in [0.3, 0.4) is 0 Å². The van der Waals surface area contributed by atoms with Crippen molar-refractivity contribution in [2.24, 2.45) is 0 Å². The van der Waals surface area contributed by atoms with E-state index in [0.717, 1.165) is 11.3 Å². The van der Waals surface area contributed by atoms with Gasteiger partial charge in [0.05, 0.1) is 10.2 Å². The molecular formula is C24H18F2N6OS. The number of terminal acetylenes is 1. The molecule has 0 saturated carbocycles. The number of nitrogens with two attached hydrogens (primary N) is 1. The van der Waals surface area contributed by atoms with Crippen LogP contribution in [0.5, 0.6) is 0 Å². The lowest BCUT2D eigenvalue weighted by Crippen LogP contribution is -2.48. The number of benzene rings is 2. The van der Waals surface area contributed by atoms with Crippen molar-refractivity contribution in [3.63, 3.8) is 0 Å². The van der Waals surface area contributed by atoms with E-state index in [1.807, 2.05) is 4.90 Å². The Morgan fingerprint density at radius 3 is 2.68 bits per heavy atom. The second-order valence-corrected chi connectivity index (χ2v) is 8.72. The van der Waals surface area contributed by atoms with Crippen molar-refractivity contribution in [2.45, 2.75) is 0 Å². The molecule has 1 aliphatic rings. The molecule has 170 valence electrons. The fourth-order valence-electron chi connectivity index (χ4n) is 4.24. The number of hydrogen-bond donors (Lipinski definition) is 1. The van der Waals surface area contributed by atoms with Crippen molar-refractivity contribution >= 4 is 49.3 Å². The van der Waals surface area contributed by atoms with Gasteiger partial charge in [-0.05, 0) is 24.3 Å². The van der Waals surface area contributed by atoms with Crippen LogP contribution < -0.4 is 10.6 Å². The molecule has 0 bridgehead atoms. The highest BCUT2D eigenvalue weighted by Gasteiger charge is 2.25. The van der Waals surface area contributed by atoms with Gasteiger partial charge in [0.2, 0.25) is 5.91 Å². The molecule has 0 unspecified atom stereocenters. The van der Waals surface area contributed by atoms with Crippen LogP contribution in [0.1, 0.15) is 5.56 Å². The van der Waals surface area contributed by atoms with Crippen LogP contribution in [0, 0.1) is 24.0 Å². The van der Waals surface area contributed by atoms with E-state index in [2.05, 4.69) is 27.5 Å². The Labute approximate surface area is 197 Å². The predicted octanol–water partition coefficient (Wildman–Crippen LogP) is 3.58. The third-order valence-electron chi connectivity index (χ3n) is 5.85. The monoisotopic (exact) mass is 476 g/mol. The van der Waals surface area contributed by atoms with Crippen LogP contribution in [0.2, 0.25) is 0 Å². The largest absolute Gasteiger partial charge is 0.375 e. The van der Waals surface area contributed by atoms with E-state index in [-0.39, 0.29) is 37.9 Å². The molecule has 2 aromatic heterocycles. The summed E-state index contributed by atoms with van der Waals surface area (Å²) >= 11 is 0.987. The number of carbonyl (C=O) groups excluding carboxylic acids is 1. The first-order chi connectivity index (χ1) is 16.4. The lowest BCUT2D eigenvalue weighted by Gasteiger charge is -2.35. The first kappa shape index (κ1) is 21.7. The van der Waals surface area contributed by atoms with E-state index in [0.29, 0.717) is 42.9 Å². The summed E-state index contributed by atoms with van der Waals surface area (Å²) in [7, 11) is 0. The van der Waals surface area contributed by atoms with Crippen molar-refractivity contribution < 1.29 is 13.6 Å². The quantitative estimate of drug-likeness (QED) is 0.359. The number of nitrogen functional groups attached to an aromatic ring is 1. The molecule has 10 heteroatoms. The molecule has 0 atom stereocenters. The van der Waals surface area contributed by atoms with Gasteiger partial charge in [-0.25, -0.2) is 23.7 Å². The van der Waals surface area contributed by atoms with Crippen molar-refractivity contribution in [1.29, 1.82) is 0 Å². The number of fused-ring (bicyclic) bond motifs is 2. The molecule has 5 rings (SSSR count). The van der Waals surface area contributed by atoms with Crippen LogP contribution in [0.15, 0.2) is 37.2 Å². The molecule has 2 aromatic carbocycles. The zero-order valence-electron chi connectivity index (χ0n) is 17.9. The lowest BCUT2D eigenvalue weighted by molar-refractivity contribution is -0.126. The van der Waals surface area contributed by atoms with Gasteiger partial charge in [-0.15, -0.1) is 6.42 Å². The zero-order valence-corrected chi connectivity index (χ0v) is 18.7. The van der Waals surface area contributed by atoms with E-state index in [4.69, 9.17) is 12.2 Å². The van der Waals surface area contributed by atoms with Gasteiger partial charge in [-0.2, -0.15) is 0 Å². The number of rotatable bonds is 3. The Kier molecular flexibility index (Phi) is 5.34. The maximum atomic E-state index is 16.0. The number of carbonyl (C=O) groups is 1. The van der Waals surface area contributed by atoms with Crippen LogP contribution >= 0.6 is 11.3 Å². The second kappa shape index (κ2) is 8.35. The summed E-state index contributed by atoms with van der Waals surface area (Å²) < 4.78 is 30.5. The highest BCUT2D eigenvalue weighted by atomic mass is 32.1. The molecule has 4 aromatic rings. The molecular weight excluding hydrogens is 458 g/mol. The minimum absolute atomic E-state index is 0.0873. The van der Waals surface area contributed by atoms with Crippen LogP contribution in [-0.2, 0) is 4.79 Å². The SMILES string of the molecule is C#Cc1cc2c(N3CCN(C(=O)C=C)CC3)ncnc2c(F)c1-c1ccc(F)c2sc(N)nc12. The van der Waals surface area contributed by atoms with Gasteiger partial charge in [0.25, 0.3) is 0 Å². The van der Waals surface area contributed by atoms with Crippen LogP contribution in [-0.4, -0.2) is 51.9 Å². The van der Waals surface area contributed by atoms with Gasteiger partial charge in [-0.1, -0.05) is 23.8 Å². The minimum atomic E-state index is -0.644. The summed E-state index contributed by atoms with van der Waals surface area (Å²) in [5.41, 5.74) is 6.84. The average molecular weight is 477 g/mol. The summed E-state index contributed by atoms with van der Waals surface area (Å²) in [4.78, 5) is 28.3. The molecule has 2 N–H and O–H groups in total. The van der Waals surface area contributed by atoms with Gasteiger partial charge in [-0.3, -0.25) is 4.79 Å².